The first-order chi connectivity index (χ1) is 14.3. The van der Waals surface area contributed by atoms with Crippen LogP contribution in [0.5, 0.6) is 0 Å². The first-order valence-corrected chi connectivity index (χ1v) is 11.1. The van der Waals surface area contributed by atoms with Gasteiger partial charge < -0.3 is 19.8 Å². The number of furan rings is 1. The number of morpholine rings is 1. The standard InChI is InChI=1S/C22H28N4O2S/c1-2-23-22(24-15-18-14-17-6-3-4-7-20(17)28-18)25-16-19(21-8-5-13-29-21)26-9-11-27-12-10-26/h3-8,13-14,19H,2,9-12,15-16H2,1H3,(H2,23,24,25). The Kier molecular flexibility index (Phi) is 6.82. The third kappa shape index (κ3) is 5.18. The molecule has 7 heteroatoms. The lowest BCUT2D eigenvalue weighted by Crippen LogP contribution is -2.46. The van der Waals surface area contributed by atoms with E-state index in [0.717, 1.165) is 62.1 Å². The zero-order chi connectivity index (χ0) is 19.9. The van der Waals surface area contributed by atoms with Crippen molar-refractivity contribution in [1.82, 2.24) is 15.5 Å². The van der Waals surface area contributed by atoms with Crippen molar-refractivity contribution in [3.05, 3.63) is 58.5 Å². The number of thiophene rings is 1. The van der Waals surface area contributed by atoms with E-state index in [4.69, 9.17) is 14.1 Å². The molecule has 154 valence electrons. The first kappa shape index (κ1) is 19.9. The fraction of sp³-hybridized carbons (Fsp3) is 0.409. The molecule has 0 amide bonds. The zero-order valence-corrected chi connectivity index (χ0v) is 17.6. The number of nitrogens with zero attached hydrogens (tertiary/aromatic N) is 2. The van der Waals surface area contributed by atoms with Crippen molar-refractivity contribution in [2.75, 3.05) is 39.4 Å². The second kappa shape index (κ2) is 9.91. The van der Waals surface area contributed by atoms with Crippen LogP contribution in [0.3, 0.4) is 0 Å². The summed E-state index contributed by atoms with van der Waals surface area (Å²) in [5.74, 6) is 1.68. The Hall–Kier alpha value is -2.35. The van der Waals surface area contributed by atoms with E-state index in [9.17, 15) is 0 Å². The summed E-state index contributed by atoms with van der Waals surface area (Å²) in [5.41, 5.74) is 0.903. The largest absolute Gasteiger partial charge is 0.459 e. The van der Waals surface area contributed by atoms with Crippen LogP contribution in [0.4, 0.5) is 0 Å². The molecule has 1 unspecified atom stereocenters. The molecule has 1 aromatic carbocycles. The minimum absolute atomic E-state index is 0.314. The third-order valence-corrected chi connectivity index (χ3v) is 6.01. The molecular weight excluding hydrogens is 384 g/mol. The summed E-state index contributed by atoms with van der Waals surface area (Å²) >= 11 is 1.80. The van der Waals surface area contributed by atoms with Crippen molar-refractivity contribution < 1.29 is 9.15 Å². The summed E-state index contributed by atoms with van der Waals surface area (Å²) in [4.78, 5) is 8.60. The molecule has 1 aliphatic heterocycles. The molecule has 0 saturated carbocycles. The van der Waals surface area contributed by atoms with E-state index < -0.39 is 0 Å². The summed E-state index contributed by atoms with van der Waals surface area (Å²) in [7, 11) is 0. The molecule has 0 spiro atoms. The molecule has 1 saturated heterocycles. The normalized spacial score (nSPS) is 16.8. The lowest BCUT2D eigenvalue weighted by Gasteiger charge is -2.34. The van der Waals surface area contributed by atoms with Crippen molar-refractivity contribution in [2.45, 2.75) is 19.5 Å². The van der Waals surface area contributed by atoms with Crippen LogP contribution in [0, 0.1) is 0 Å². The van der Waals surface area contributed by atoms with Crippen molar-refractivity contribution >= 4 is 28.3 Å². The highest BCUT2D eigenvalue weighted by atomic mass is 32.1. The molecule has 3 aromatic rings. The third-order valence-electron chi connectivity index (χ3n) is 5.03. The minimum atomic E-state index is 0.314. The van der Waals surface area contributed by atoms with Crippen LogP contribution in [0.1, 0.15) is 23.6 Å². The quantitative estimate of drug-likeness (QED) is 0.458. The van der Waals surface area contributed by atoms with Gasteiger partial charge in [-0.25, -0.2) is 4.99 Å². The first-order valence-electron chi connectivity index (χ1n) is 10.2. The highest BCUT2D eigenvalue weighted by molar-refractivity contribution is 7.10. The number of nitrogens with one attached hydrogen (secondary N) is 2. The number of aliphatic imine (C=N–C) groups is 1. The van der Waals surface area contributed by atoms with Crippen molar-refractivity contribution in [2.24, 2.45) is 4.99 Å². The maximum absolute atomic E-state index is 5.89. The van der Waals surface area contributed by atoms with Gasteiger partial charge in [-0.2, -0.15) is 0 Å². The van der Waals surface area contributed by atoms with Crippen molar-refractivity contribution in [3.8, 4) is 0 Å². The highest BCUT2D eigenvalue weighted by Gasteiger charge is 2.23. The van der Waals surface area contributed by atoms with E-state index in [0.29, 0.717) is 12.6 Å². The number of hydrogen-bond donors (Lipinski definition) is 2. The Morgan fingerprint density at radius 3 is 2.79 bits per heavy atom. The fourth-order valence-electron chi connectivity index (χ4n) is 3.59. The van der Waals surface area contributed by atoms with Crippen LogP contribution in [-0.4, -0.2) is 50.3 Å². The molecule has 6 nitrogen and oxygen atoms in total. The van der Waals surface area contributed by atoms with Crippen molar-refractivity contribution in [1.29, 1.82) is 0 Å². The Bertz CT molecular complexity index is 883. The lowest BCUT2D eigenvalue weighted by molar-refractivity contribution is 0.0177. The molecule has 1 aliphatic rings. The molecule has 29 heavy (non-hydrogen) atoms. The molecule has 0 aliphatic carbocycles. The maximum atomic E-state index is 5.89. The summed E-state index contributed by atoms with van der Waals surface area (Å²) in [5, 5.41) is 10.1. The van der Waals surface area contributed by atoms with E-state index in [2.05, 4.69) is 52.1 Å². The number of benzene rings is 1. The number of hydrogen-bond acceptors (Lipinski definition) is 5. The molecule has 2 N–H and O–H groups in total. The van der Waals surface area contributed by atoms with Gasteiger partial charge in [-0.15, -0.1) is 11.3 Å². The van der Waals surface area contributed by atoms with Crippen LogP contribution in [0.2, 0.25) is 0 Å². The van der Waals surface area contributed by atoms with Gasteiger partial charge in [0, 0.05) is 36.4 Å². The van der Waals surface area contributed by atoms with Crippen LogP contribution >= 0.6 is 11.3 Å². The van der Waals surface area contributed by atoms with Gasteiger partial charge in [-0.1, -0.05) is 24.3 Å². The van der Waals surface area contributed by atoms with Crippen LogP contribution in [-0.2, 0) is 11.3 Å². The Morgan fingerprint density at radius 2 is 2.03 bits per heavy atom. The second-order valence-electron chi connectivity index (χ2n) is 7.01. The molecule has 1 fully saturated rings. The lowest BCUT2D eigenvalue weighted by atomic mass is 10.2. The van der Waals surface area contributed by atoms with E-state index in [1.807, 2.05) is 18.2 Å². The smallest absolute Gasteiger partial charge is 0.191 e. The minimum Gasteiger partial charge on any atom is -0.459 e. The van der Waals surface area contributed by atoms with Gasteiger partial charge in [0.1, 0.15) is 17.9 Å². The summed E-state index contributed by atoms with van der Waals surface area (Å²) in [6.07, 6.45) is 0. The number of guanidine groups is 1. The molecule has 2 aromatic heterocycles. The predicted molar refractivity (Wildman–Crippen MR) is 118 cm³/mol. The van der Waals surface area contributed by atoms with Crippen molar-refractivity contribution in [3.63, 3.8) is 0 Å². The summed E-state index contributed by atoms with van der Waals surface area (Å²) < 4.78 is 11.4. The molecule has 4 rings (SSSR count). The van der Waals surface area contributed by atoms with Crippen LogP contribution in [0.15, 0.2) is 57.3 Å². The van der Waals surface area contributed by atoms with Gasteiger partial charge in [0.25, 0.3) is 0 Å². The van der Waals surface area contributed by atoms with Gasteiger partial charge in [-0.3, -0.25) is 4.90 Å². The van der Waals surface area contributed by atoms with Gasteiger partial charge in [-0.05, 0) is 30.5 Å². The maximum Gasteiger partial charge on any atom is 0.191 e. The molecule has 3 heterocycles. The van der Waals surface area contributed by atoms with Gasteiger partial charge in [0.05, 0.1) is 19.3 Å². The molecule has 1 atom stereocenters. The van der Waals surface area contributed by atoms with Gasteiger partial charge >= 0.3 is 0 Å². The number of para-hydroxylation sites is 1. The van der Waals surface area contributed by atoms with Gasteiger partial charge in [0.2, 0.25) is 0 Å². The van der Waals surface area contributed by atoms with Crippen LogP contribution < -0.4 is 10.6 Å². The monoisotopic (exact) mass is 412 g/mol. The van der Waals surface area contributed by atoms with E-state index in [1.54, 1.807) is 11.3 Å². The Balaban J connectivity index is 1.43. The summed E-state index contributed by atoms with van der Waals surface area (Å²) in [6, 6.07) is 14.8. The van der Waals surface area contributed by atoms with Crippen LogP contribution in [0.25, 0.3) is 11.0 Å². The van der Waals surface area contributed by atoms with Gasteiger partial charge in [0.15, 0.2) is 5.96 Å². The number of fused-ring (bicyclic) bond motifs is 1. The zero-order valence-electron chi connectivity index (χ0n) is 16.8. The average molecular weight is 413 g/mol. The second-order valence-corrected chi connectivity index (χ2v) is 7.99. The number of ether oxygens (including phenoxy) is 1. The van der Waals surface area contributed by atoms with E-state index >= 15 is 0 Å². The van der Waals surface area contributed by atoms with E-state index in [-0.39, 0.29) is 0 Å². The Labute approximate surface area is 175 Å². The molecular formula is C22H28N4O2S. The molecule has 0 radical (unpaired) electrons. The average Bonchev–Trinajstić information content (AvgIpc) is 3.42. The SMILES string of the molecule is CCNC(=NCc1cc2ccccc2o1)NCC(c1cccs1)N1CCOCC1. The molecule has 0 bridgehead atoms. The Morgan fingerprint density at radius 1 is 1.17 bits per heavy atom. The fourth-order valence-corrected chi connectivity index (χ4v) is 4.45. The topological polar surface area (TPSA) is 62.0 Å². The predicted octanol–water partition coefficient (Wildman–Crippen LogP) is 3.62. The highest BCUT2D eigenvalue weighted by Crippen LogP contribution is 2.25. The number of rotatable bonds is 7. The van der Waals surface area contributed by atoms with E-state index in [1.165, 1.54) is 4.88 Å². The summed E-state index contributed by atoms with van der Waals surface area (Å²) in [6.45, 7) is 7.69.